The lowest BCUT2D eigenvalue weighted by Crippen LogP contribution is -2.35. The zero-order valence-electron chi connectivity index (χ0n) is 10.9. The second kappa shape index (κ2) is 5.40. The van der Waals surface area contributed by atoms with Crippen LogP contribution in [0.25, 0.3) is 0 Å². The molecule has 19 heavy (non-hydrogen) atoms. The number of carboxylic acid groups (broad SMARTS) is 1. The zero-order valence-corrected chi connectivity index (χ0v) is 10.9. The molecule has 0 spiro atoms. The van der Waals surface area contributed by atoms with Crippen molar-refractivity contribution in [1.82, 2.24) is 4.90 Å². The number of hydrogen-bond acceptors (Lipinski definition) is 3. The molecule has 1 aromatic carbocycles. The predicted octanol–water partition coefficient (Wildman–Crippen LogP) is 1.14. The maximum absolute atomic E-state index is 11.1. The molecule has 1 aliphatic rings. The van der Waals surface area contributed by atoms with Gasteiger partial charge in [0.2, 0.25) is 5.91 Å². The highest BCUT2D eigenvalue weighted by Crippen LogP contribution is 2.22. The molecule has 1 unspecified atom stereocenters. The van der Waals surface area contributed by atoms with Gasteiger partial charge in [0.15, 0.2) is 0 Å². The van der Waals surface area contributed by atoms with Crippen molar-refractivity contribution in [2.45, 2.75) is 32.4 Å². The highest BCUT2D eigenvalue weighted by molar-refractivity contribution is 5.93. The Morgan fingerprint density at radius 3 is 2.79 bits per heavy atom. The molecule has 0 radical (unpaired) electrons. The smallest absolute Gasteiger partial charge is 0.320 e. The van der Waals surface area contributed by atoms with E-state index >= 15 is 0 Å². The summed E-state index contributed by atoms with van der Waals surface area (Å²) >= 11 is 0. The van der Waals surface area contributed by atoms with E-state index < -0.39 is 17.9 Å². The van der Waals surface area contributed by atoms with Crippen LogP contribution in [0.2, 0.25) is 0 Å². The Labute approximate surface area is 112 Å². The van der Waals surface area contributed by atoms with Crippen molar-refractivity contribution in [3.8, 4) is 0 Å². The SMILES string of the molecule is Cc1cc(C(N)=O)ccc1CN1CCCC1C(=O)O. The lowest BCUT2D eigenvalue weighted by atomic mass is 10.0. The van der Waals surface area contributed by atoms with Crippen LogP contribution < -0.4 is 5.73 Å². The highest BCUT2D eigenvalue weighted by Gasteiger charge is 2.30. The van der Waals surface area contributed by atoms with Crippen LogP contribution in [0.5, 0.6) is 0 Å². The number of aliphatic carboxylic acids is 1. The topological polar surface area (TPSA) is 83.6 Å². The maximum atomic E-state index is 11.1. The van der Waals surface area contributed by atoms with Crippen LogP contribution in [0.15, 0.2) is 18.2 Å². The molecule has 1 aromatic rings. The number of likely N-dealkylation sites (tertiary alicyclic amines) is 1. The Bertz CT molecular complexity index is 513. The van der Waals surface area contributed by atoms with E-state index in [4.69, 9.17) is 10.8 Å². The maximum Gasteiger partial charge on any atom is 0.320 e. The van der Waals surface area contributed by atoms with Crippen molar-refractivity contribution in [2.24, 2.45) is 5.73 Å². The second-order valence-corrected chi connectivity index (χ2v) is 4.97. The molecule has 1 saturated heterocycles. The summed E-state index contributed by atoms with van der Waals surface area (Å²) in [5, 5.41) is 9.15. The average Bonchev–Trinajstić information content (AvgIpc) is 2.79. The molecule has 1 amide bonds. The van der Waals surface area contributed by atoms with E-state index in [0.29, 0.717) is 18.5 Å². The molecule has 0 aromatic heterocycles. The van der Waals surface area contributed by atoms with Crippen LogP contribution in [0, 0.1) is 6.92 Å². The van der Waals surface area contributed by atoms with E-state index in [1.165, 1.54) is 0 Å². The molecule has 1 atom stereocenters. The molecule has 5 heteroatoms. The number of rotatable bonds is 4. The Hall–Kier alpha value is -1.88. The standard InChI is InChI=1S/C14H18N2O3/c1-9-7-10(13(15)17)4-5-11(9)8-16-6-2-3-12(16)14(18)19/h4-5,7,12H,2-3,6,8H2,1H3,(H2,15,17)(H,18,19). The van der Waals surface area contributed by atoms with Gasteiger partial charge < -0.3 is 10.8 Å². The first-order valence-corrected chi connectivity index (χ1v) is 6.35. The molecule has 1 aliphatic heterocycles. The minimum absolute atomic E-state index is 0.393. The molecule has 0 bridgehead atoms. The summed E-state index contributed by atoms with van der Waals surface area (Å²) in [7, 11) is 0. The van der Waals surface area contributed by atoms with E-state index in [-0.39, 0.29) is 0 Å². The van der Waals surface area contributed by atoms with Gasteiger partial charge in [-0.1, -0.05) is 6.07 Å². The molecule has 0 aliphatic carbocycles. The number of carbonyl (C=O) groups is 2. The number of carboxylic acids is 1. The number of hydrogen-bond donors (Lipinski definition) is 2. The summed E-state index contributed by atoms with van der Waals surface area (Å²) in [6.07, 6.45) is 1.61. The number of primary amides is 1. The lowest BCUT2D eigenvalue weighted by Gasteiger charge is -2.22. The van der Waals surface area contributed by atoms with Crippen LogP contribution >= 0.6 is 0 Å². The number of aryl methyl sites for hydroxylation is 1. The number of nitrogens with zero attached hydrogens (tertiary/aromatic N) is 1. The van der Waals surface area contributed by atoms with Crippen molar-refractivity contribution in [2.75, 3.05) is 6.54 Å². The number of carbonyl (C=O) groups excluding carboxylic acids is 1. The van der Waals surface area contributed by atoms with E-state index in [2.05, 4.69) is 0 Å². The fourth-order valence-corrected chi connectivity index (χ4v) is 2.54. The van der Waals surface area contributed by atoms with E-state index in [0.717, 1.165) is 24.1 Å². The predicted molar refractivity (Wildman–Crippen MR) is 70.8 cm³/mol. The van der Waals surface area contributed by atoms with Crippen molar-refractivity contribution in [3.63, 3.8) is 0 Å². The summed E-state index contributed by atoms with van der Waals surface area (Å²) < 4.78 is 0. The monoisotopic (exact) mass is 262 g/mol. The Morgan fingerprint density at radius 2 is 2.21 bits per heavy atom. The van der Waals surface area contributed by atoms with Gasteiger partial charge in [0.05, 0.1) is 0 Å². The van der Waals surface area contributed by atoms with Gasteiger partial charge in [-0.05, 0) is 49.6 Å². The molecular weight excluding hydrogens is 244 g/mol. The van der Waals surface area contributed by atoms with Crippen LogP contribution in [0.3, 0.4) is 0 Å². The molecule has 3 N–H and O–H groups in total. The molecule has 1 fully saturated rings. The fraction of sp³-hybridized carbons (Fsp3) is 0.429. The van der Waals surface area contributed by atoms with Crippen molar-refractivity contribution < 1.29 is 14.7 Å². The molecule has 0 saturated carbocycles. The van der Waals surface area contributed by atoms with Gasteiger partial charge in [-0.2, -0.15) is 0 Å². The Morgan fingerprint density at radius 1 is 1.47 bits per heavy atom. The van der Waals surface area contributed by atoms with Gasteiger partial charge >= 0.3 is 5.97 Å². The largest absolute Gasteiger partial charge is 0.480 e. The third-order valence-electron chi connectivity index (χ3n) is 3.65. The van der Waals surface area contributed by atoms with Gasteiger partial charge in [-0.3, -0.25) is 14.5 Å². The summed E-state index contributed by atoms with van der Waals surface area (Å²) in [5.74, 6) is -1.21. The van der Waals surface area contributed by atoms with Gasteiger partial charge in [0.1, 0.15) is 6.04 Å². The third kappa shape index (κ3) is 2.93. The first-order chi connectivity index (χ1) is 8.99. The highest BCUT2D eigenvalue weighted by atomic mass is 16.4. The van der Waals surface area contributed by atoms with Crippen molar-refractivity contribution in [1.29, 1.82) is 0 Å². The van der Waals surface area contributed by atoms with Crippen LogP contribution in [0.1, 0.15) is 34.3 Å². The third-order valence-corrected chi connectivity index (χ3v) is 3.65. The number of amides is 1. The molecule has 1 heterocycles. The first kappa shape index (κ1) is 13.5. The molecule has 2 rings (SSSR count). The molecule has 5 nitrogen and oxygen atoms in total. The van der Waals surface area contributed by atoms with Crippen LogP contribution in [0.4, 0.5) is 0 Å². The van der Waals surface area contributed by atoms with Crippen molar-refractivity contribution >= 4 is 11.9 Å². The second-order valence-electron chi connectivity index (χ2n) is 4.97. The summed E-state index contributed by atoms with van der Waals surface area (Å²) in [5.41, 5.74) is 7.72. The van der Waals surface area contributed by atoms with Gasteiger partial charge in [0.25, 0.3) is 0 Å². The zero-order chi connectivity index (χ0) is 14.0. The van der Waals surface area contributed by atoms with Crippen LogP contribution in [-0.4, -0.2) is 34.5 Å². The van der Waals surface area contributed by atoms with E-state index in [1.54, 1.807) is 12.1 Å². The Balaban J connectivity index is 2.15. The summed E-state index contributed by atoms with van der Waals surface area (Å²) in [4.78, 5) is 24.2. The van der Waals surface area contributed by atoms with E-state index in [9.17, 15) is 9.59 Å². The average molecular weight is 262 g/mol. The quantitative estimate of drug-likeness (QED) is 0.852. The van der Waals surface area contributed by atoms with Gasteiger partial charge in [0, 0.05) is 12.1 Å². The lowest BCUT2D eigenvalue weighted by molar-refractivity contribution is -0.142. The minimum Gasteiger partial charge on any atom is -0.480 e. The summed E-state index contributed by atoms with van der Waals surface area (Å²) in [6, 6.07) is 4.90. The van der Waals surface area contributed by atoms with Gasteiger partial charge in [-0.15, -0.1) is 0 Å². The molecular formula is C14H18N2O3. The molecule has 102 valence electrons. The van der Waals surface area contributed by atoms with Crippen molar-refractivity contribution in [3.05, 3.63) is 34.9 Å². The summed E-state index contributed by atoms with van der Waals surface area (Å²) in [6.45, 7) is 3.31. The van der Waals surface area contributed by atoms with E-state index in [1.807, 2.05) is 17.9 Å². The number of benzene rings is 1. The fourth-order valence-electron chi connectivity index (χ4n) is 2.54. The minimum atomic E-state index is -0.760. The van der Waals surface area contributed by atoms with Gasteiger partial charge in [-0.25, -0.2) is 0 Å². The van der Waals surface area contributed by atoms with Crippen LogP contribution in [-0.2, 0) is 11.3 Å². The normalized spacial score (nSPS) is 19.5. The Kier molecular flexibility index (Phi) is 3.85. The first-order valence-electron chi connectivity index (χ1n) is 6.35. The number of nitrogens with two attached hydrogens (primary N) is 1.